The van der Waals surface area contributed by atoms with E-state index in [-0.39, 0.29) is 17.8 Å². The zero-order valence-corrected chi connectivity index (χ0v) is 10.9. The number of carbonyl (C=O) groups excluding carboxylic acids is 1. The van der Waals surface area contributed by atoms with Gasteiger partial charge in [-0.15, -0.1) is 0 Å². The molecule has 1 aliphatic rings. The average molecular weight is 250 g/mol. The van der Waals surface area contributed by atoms with Crippen LogP contribution in [0.4, 0.5) is 10.1 Å². The Morgan fingerprint density at radius 3 is 2.94 bits per heavy atom. The fraction of sp³-hybridized carbons (Fsp3) is 0.500. The van der Waals surface area contributed by atoms with Crippen LogP contribution in [0.3, 0.4) is 0 Å². The molecule has 1 aromatic carbocycles. The molecule has 1 N–H and O–H groups in total. The van der Waals surface area contributed by atoms with Gasteiger partial charge in [-0.3, -0.25) is 4.79 Å². The minimum absolute atomic E-state index is 0.0885. The van der Waals surface area contributed by atoms with Gasteiger partial charge in [-0.1, -0.05) is 6.92 Å². The molecule has 0 spiro atoms. The minimum atomic E-state index is -0.261. The van der Waals surface area contributed by atoms with E-state index in [1.165, 1.54) is 12.1 Å². The molecule has 98 valence electrons. The van der Waals surface area contributed by atoms with Gasteiger partial charge < -0.3 is 10.2 Å². The van der Waals surface area contributed by atoms with Gasteiger partial charge in [0.15, 0.2) is 0 Å². The Morgan fingerprint density at radius 1 is 1.50 bits per heavy atom. The van der Waals surface area contributed by atoms with Gasteiger partial charge in [0.05, 0.1) is 6.04 Å². The standard InChI is InChI=1S/C14H19FN2O/c1-3-7-16-12-6-8-17(14(12)18)13-5-4-11(15)9-10(13)2/h4-5,9,12,16H,3,6-8H2,1-2H3. The second-order valence-corrected chi connectivity index (χ2v) is 4.72. The smallest absolute Gasteiger partial charge is 0.244 e. The van der Waals surface area contributed by atoms with Gasteiger partial charge in [0, 0.05) is 12.2 Å². The summed E-state index contributed by atoms with van der Waals surface area (Å²) in [7, 11) is 0. The van der Waals surface area contributed by atoms with Crippen molar-refractivity contribution in [2.75, 3.05) is 18.0 Å². The summed E-state index contributed by atoms with van der Waals surface area (Å²) >= 11 is 0. The van der Waals surface area contributed by atoms with Gasteiger partial charge in [-0.25, -0.2) is 4.39 Å². The molecule has 1 fully saturated rings. The van der Waals surface area contributed by atoms with Crippen LogP contribution in [0.1, 0.15) is 25.3 Å². The first kappa shape index (κ1) is 13.0. The number of amides is 1. The highest BCUT2D eigenvalue weighted by molar-refractivity contribution is 6.00. The lowest BCUT2D eigenvalue weighted by Gasteiger charge is -2.19. The number of benzene rings is 1. The molecule has 0 saturated carbocycles. The lowest BCUT2D eigenvalue weighted by Crippen LogP contribution is -2.38. The van der Waals surface area contributed by atoms with E-state index in [0.717, 1.165) is 30.6 Å². The summed E-state index contributed by atoms with van der Waals surface area (Å²) in [6, 6.07) is 4.47. The normalized spacial score (nSPS) is 19.6. The largest absolute Gasteiger partial charge is 0.311 e. The minimum Gasteiger partial charge on any atom is -0.311 e. The lowest BCUT2D eigenvalue weighted by atomic mass is 10.2. The summed E-state index contributed by atoms with van der Waals surface area (Å²) in [6.45, 7) is 5.46. The molecule has 1 heterocycles. The Balaban J connectivity index is 2.13. The molecule has 1 saturated heterocycles. The van der Waals surface area contributed by atoms with Crippen LogP contribution in [0, 0.1) is 12.7 Å². The first-order valence-corrected chi connectivity index (χ1v) is 6.44. The number of nitrogens with zero attached hydrogens (tertiary/aromatic N) is 1. The zero-order valence-electron chi connectivity index (χ0n) is 10.9. The fourth-order valence-corrected chi connectivity index (χ4v) is 2.35. The van der Waals surface area contributed by atoms with Gasteiger partial charge in [0.1, 0.15) is 5.82 Å². The van der Waals surface area contributed by atoms with Crippen molar-refractivity contribution in [3.63, 3.8) is 0 Å². The van der Waals surface area contributed by atoms with E-state index in [9.17, 15) is 9.18 Å². The van der Waals surface area contributed by atoms with E-state index in [1.807, 2.05) is 6.92 Å². The van der Waals surface area contributed by atoms with E-state index in [0.29, 0.717) is 6.54 Å². The third-order valence-electron chi connectivity index (χ3n) is 3.30. The molecule has 1 amide bonds. The summed E-state index contributed by atoms with van der Waals surface area (Å²) in [5, 5.41) is 3.25. The zero-order chi connectivity index (χ0) is 13.1. The summed E-state index contributed by atoms with van der Waals surface area (Å²) in [5.41, 5.74) is 1.63. The summed E-state index contributed by atoms with van der Waals surface area (Å²) in [4.78, 5) is 14.0. The first-order chi connectivity index (χ1) is 8.63. The van der Waals surface area contributed by atoms with Crippen LogP contribution in [0.25, 0.3) is 0 Å². The van der Waals surface area contributed by atoms with E-state index in [2.05, 4.69) is 12.2 Å². The maximum Gasteiger partial charge on any atom is 0.244 e. The topological polar surface area (TPSA) is 32.3 Å². The van der Waals surface area contributed by atoms with Crippen LogP contribution in [-0.4, -0.2) is 25.0 Å². The van der Waals surface area contributed by atoms with Crippen LogP contribution in [0.2, 0.25) is 0 Å². The van der Waals surface area contributed by atoms with Gasteiger partial charge in [0.25, 0.3) is 0 Å². The molecule has 3 nitrogen and oxygen atoms in total. The molecule has 1 unspecified atom stereocenters. The second-order valence-electron chi connectivity index (χ2n) is 4.72. The van der Waals surface area contributed by atoms with Gasteiger partial charge in [-0.05, 0) is 50.1 Å². The number of rotatable bonds is 4. The quantitative estimate of drug-likeness (QED) is 0.888. The van der Waals surface area contributed by atoms with Crippen molar-refractivity contribution in [2.24, 2.45) is 0 Å². The van der Waals surface area contributed by atoms with Gasteiger partial charge >= 0.3 is 0 Å². The number of nitrogens with one attached hydrogen (secondary N) is 1. The molecule has 0 aliphatic carbocycles. The van der Waals surface area contributed by atoms with Gasteiger partial charge in [0.2, 0.25) is 5.91 Å². The molecule has 2 rings (SSSR count). The predicted octanol–water partition coefficient (Wildman–Crippen LogP) is 2.24. The molecule has 0 bridgehead atoms. The van der Waals surface area contributed by atoms with Crippen LogP contribution in [-0.2, 0) is 4.79 Å². The highest BCUT2D eigenvalue weighted by Crippen LogP contribution is 2.25. The number of halogens is 1. The van der Waals surface area contributed by atoms with E-state index in [4.69, 9.17) is 0 Å². The number of anilines is 1. The van der Waals surface area contributed by atoms with Crippen LogP contribution < -0.4 is 10.2 Å². The number of hydrogen-bond acceptors (Lipinski definition) is 2. The van der Waals surface area contributed by atoms with Crippen molar-refractivity contribution in [1.82, 2.24) is 5.32 Å². The molecular formula is C14H19FN2O. The Hall–Kier alpha value is -1.42. The van der Waals surface area contributed by atoms with Gasteiger partial charge in [-0.2, -0.15) is 0 Å². The lowest BCUT2D eigenvalue weighted by molar-refractivity contribution is -0.118. The third kappa shape index (κ3) is 2.53. The predicted molar refractivity (Wildman–Crippen MR) is 70.2 cm³/mol. The van der Waals surface area contributed by atoms with Crippen molar-refractivity contribution in [3.05, 3.63) is 29.6 Å². The van der Waals surface area contributed by atoms with Crippen molar-refractivity contribution >= 4 is 11.6 Å². The summed E-state index contributed by atoms with van der Waals surface area (Å²) < 4.78 is 13.1. The Morgan fingerprint density at radius 2 is 2.28 bits per heavy atom. The van der Waals surface area contributed by atoms with Crippen molar-refractivity contribution in [1.29, 1.82) is 0 Å². The number of aryl methyl sites for hydroxylation is 1. The molecule has 1 atom stereocenters. The molecule has 0 aromatic heterocycles. The van der Waals surface area contributed by atoms with Crippen LogP contribution >= 0.6 is 0 Å². The molecule has 0 radical (unpaired) electrons. The Labute approximate surface area is 107 Å². The second kappa shape index (κ2) is 5.48. The molecular weight excluding hydrogens is 231 g/mol. The Bertz CT molecular complexity index is 447. The summed E-state index contributed by atoms with van der Waals surface area (Å²) in [6.07, 6.45) is 1.83. The maximum absolute atomic E-state index is 13.1. The van der Waals surface area contributed by atoms with E-state index >= 15 is 0 Å². The molecule has 18 heavy (non-hydrogen) atoms. The van der Waals surface area contributed by atoms with Crippen LogP contribution in [0.5, 0.6) is 0 Å². The third-order valence-corrected chi connectivity index (χ3v) is 3.30. The van der Waals surface area contributed by atoms with E-state index < -0.39 is 0 Å². The fourth-order valence-electron chi connectivity index (χ4n) is 2.35. The monoisotopic (exact) mass is 250 g/mol. The number of hydrogen-bond donors (Lipinski definition) is 1. The Kier molecular flexibility index (Phi) is 3.97. The highest BCUT2D eigenvalue weighted by Gasteiger charge is 2.32. The van der Waals surface area contributed by atoms with Crippen molar-refractivity contribution in [2.45, 2.75) is 32.7 Å². The van der Waals surface area contributed by atoms with Crippen molar-refractivity contribution in [3.8, 4) is 0 Å². The van der Waals surface area contributed by atoms with Crippen LogP contribution in [0.15, 0.2) is 18.2 Å². The molecule has 4 heteroatoms. The SMILES string of the molecule is CCCNC1CCN(c2ccc(F)cc2C)C1=O. The van der Waals surface area contributed by atoms with E-state index in [1.54, 1.807) is 11.0 Å². The molecule has 1 aromatic rings. The average Bonchev–Trinajstić information content (AvgIpc) is 2.68. The first-order valence-electron chi connectivity index (χ1n) is 6.44. The highest BCUT2D eigenvalue weighted by atomic mass is 19.1. The summed E-state index contributed by atoms with van der Waals surface area (Å²) in [5.74, 6) is -0.165. The van der Waals surface area contributed by atoms with Crippen molar-refractivity contribution < 1.29 is 9.18 Å². The number of carbonyl (C=O) groups is 1. The molecule has 1 aliphatic heterocycles. The maximum atomic E-state index is 13.1.